The van der Waals surface area contributed by atoms with Gasteiger partial charge in [0.1, 0.15) is 0 Å². The number of carbonyl (C=O) groups is 1. The maximum Gasteiger partial charge on any atom is 0.319 e. The molecule has 0 unspecified atom stereocenters. The van der Waals surface area contributed by atoms with Gasteiger partial charge in [0.2, 0.25) is 0 Å². The van der Waals surface area contributed by atoms with Crippen LogP contribution in [0.15, 0.2) is 30.5 Å². The largest absolute Gasteiger partial charge is 0.332 e. The molecular weight excluding hydrogens is 308 g/mol. The molecule has 2 N–H and O–H groups in total. The second kappa shape index (κ2) is 8.06. The number of hydrogen-bond acceptors (Lipinski definition) is 3. The zero-order chi connectivity index (χ0) is 16.8. The number of aryl methyl sites for hydroxylation is 1. The highest BCUT2D eigenvalue weighted by molar-refractivity contribution is 7.99. The molecule has 0 spiro atoms. The second-order valence-electron chi connectivity index (χ2n) is 5.70. The highest BCUT2D eigenvalue weighted by atomic mass is 32.2. The average molecular weight is 332 g/mol. The quantitative estimate of drug-likeness (QED) is 0.848. The number of rotatable bonds is 6. The minimum Gasteiger partial charge on any atom is -0.332 e. The lowest BCUT2D eigenvalue weighted by Crippen LogP contribution is -2.29. The van der Waals surface area contributed by atoms with Crippen LogP contribution in [0.25, 0.3) is 0 Å². The number of urea groups is 1. The van der Waals surface area contributed by atoms with Gasteiger partial charge in [-0.2, -0.15) is 16.9 Å². The van der Waals surface area contributed by atoms with Crippen LogP contribution in [-0.2, 0) is 19.3 Å². The lowest BCUT2D eigenvalue weighted by molar-refractivity contribution is 0.251. The number of thioether (sulfide) groups is 1. The van der Waals surface area contributed by atoms with Crippen LogP contribution in [-0.4, -0.2) is 21.1 Å². The van der Waals surface area contributed by atoms with Crippen molar-refractivity contribution in [2.24, 2.45) is 7.05 Å². The molecule has 0 bridgehead atoms. The summed E-state index contributed by atoms with van der Waals surface area (Å²) in [5, 5.41) is 10.5. The van der Waals surface area contributed by atoms with Crippen molar-refractivity contribution in [2.75, 3.05) is 5.32 Å². The van der Waals surface area contributed by atoms with E-state index >= 15 is 0 Å². The average Bonchev–Trinajstić information content (AvgIpc) is 2.91. The number of carbonyl (C=O) groups excluding carboxylic acids is 1. The Morgan fingerprint density at radius 3 is 2.78 bits per heavy atom. The molecule has 2 rings (SSSR count). The minimum absolute atomic E-state index is 0.206. The van der Waals surface area contributed by atoms with E-state index in [0.29, 0.717) is 11.8 Å². The Balaban J connectivity index is 1.95. The number of benzene rings is 1. The fourth-order valence-electron chi connectivity index (χ4n) is 2.14. The van der Waals surface area contributed by atoms with E-state index < -0.39 is 0 Å². The fourth-order valence-corrected chi connectivity index (χ4v) is 2.97. The Labute approximate surface area is 141 Å². The molecule has 0 aliphatic carbocycles. The maximum absolute atomic E-state index is 12.1. The van der Waals surface area contributed by atoms with Gasteiger partial charge in [-0.15, -0.1) is 0 Å². The molecule has 23 heavy (non-hydrogen) atoms. The van der Waals surface area contributed by atoms with Crippen molar-refractivity contribution in [1.82, 2.24) is 15.1 Å². The number of amides is 2. The first-order valence-corrected chi connectivity index (χ1v) is 8.74. The minimum atomic E-state index is -0.206. The molecule has 5 nitrogen and oxygen atoms in total. The summed E-state index contributed by atoms with van der Waals surface area (Å²) < 4.78 is 1.75. The summed E-state index contributed by atoms with van der Waals surface area (Å²) >= 11 is 1.90. The Morgan fingerprint density at radius 1 is 1.35 bits per heavy atom. The molecule has 2 amide bonds. The Morgan fingerprint density at radius 2 is 2.13 bits per heavy atom. The molecule has 1 aromatic heterocycles. The molecular formula is C17H24N4OS. The Hall–Kier alpha value is -1.95. The van der Waals surface area contributed by atoms with Crippen LogP contribution in [0.5, 0.6) is 0 Å². The first-order valence-electron chi connectivity index (χ1n) is 7.69. The van der Waals surface area contributed by atoms with Crippen molar-refractivity contribution in [1.29, 1.82) is 0 Å². The first kappa shape index (κ1) is 17.4. The van der Waals surface area contributed by atoms with Crippen molar-refractivity contribution in [3.63, 3.8) is 0 Å². The maximum atomic E-state index is 12.1. The van der Waals surface area contributed by atoms with Crippen LogP contribution >= 0.6 is 11.8 Å². The molecule has 124 valence electrons. The second-order valence-corrected chi connectivity index (χ2v) is 7.27. The summed E-state index contributed by atoms with van der Waals surface area (Å²) in [6, 6.07) is 7.71. The molecule has 0 saturated heterocycles. The predicted molar refractivity (Wildman–Crippen MR) is 96.7 cm³/mol. The molecule has 0 saturated carbocycles. The number of nitrogens with one attached hydrogen (secondary N) is 2. The number of nitrogens with zero attached hydrogens (tertiary/aromatic N) is 2. The number of anilines is 1. The third kappa shape index (κ3) is 5.03. The third-order valence-corrected chi connectivity index (χ3v) is 4.76. The molecule has 2 aromatic rings. The molecule has 0 aliphatic heterocycles. The van der Waals surface area contributed by atoms with Crippen molar-refractivity contribution in [3.05, 3.63) is 47.3 Å². The van der Waals surface area contributed by atoms with Crippen molar-refractivity contribution in [2.45, 2.75) is 38.3 Å². The summed E-state index contributed by atoms with van der Waals surface area (Å²) in [5.74, 6) is 0.954. The van der Waals surface area contributed by atoms with Crippen LogP contribution in [0.1, 0.15) is 30.7 Å². The van der Waals surface area contributed by atoms with E-state index in [1.54, 1.807) is 10.9 Å². The lowest BCUT2D eigenvalue weighted by atomic mass is 10.1. The van der Waals surface area contributed by atoms with Crippen molar-refractivity contribution >= 4 is 23.5 Å². The predicted octanol–water partition coefficient (Wildman–Crippen LogP) is 3.69. The topological polar surface area (TPSA) is 59.0 Å². The number of aromatic nitrogens is 2. The van der Waals surface area contributed by atoms with Gasteiger partial charge < -0.3 is 10.6 Å². The van der Waals surface area contributed by atoms with Crippen molar-refractivity contribution < 1.29 is 4.79 Å². The molecule has 1 aromatic carbocycles. The highest BCUT2D eigenvalue weighted by Crippen LogP contribution is 2.24. The SMILES string of the molecule is Cc1c(CSC(C)C)cccc1NC(=O)NCc1ccnn1C. The monoisotopic (exact) mass is 332 g/mol. The third-order valence-electron chi connectivity index (χ3n) is 3.62. The normalized spacial score (nSPS) is 10.8. The summed E-state index contributed by atoms with van der Waals surface area (Å²) in [5.41, 5.74) is 4.19. The van der Waals surface area contributed by atoms with Crippen LogP contribution < -0.4 is 10.6 Å². The van der Waals surface area contributed by atoms with Crippen molar-refractivity contribution in [3.8, 4) is 0 Å². The highest BCUT2D eigenvalue weighted by Gasteiger charge is 2.09. The zero-order valence-corrected chi connectivity index (χ0v) is 14.9. The van der Waals surface area contributed by atoms with Crippen LogP contribution in [0.4, 0.5) is 10.5 Å². The smallest absolute Gasteiger partial charge is 0.319 e. The van der Waals surface area contributed by atoms with Gasteiger partial charge in [-0.25, -0.2) is 4.79 Å². The Bertz CT molecular complexity index is 666. The van der Waals surface area contributed by atoms with E-state index in [1.165, 1.54) is 5.56 Å². The summed E-state index contributed by atoms with van der Waals surface area (Å²) in [6.07, 6.45) is 1.72. The van der Waals surface area contributed by atoms with Crippen LogP contribution in [0.3, 0.4) is 0 Å². The van der Waals surface area contributed by atoms with Gasteiger partial charge in [0, 0.05) is 24.7 Å². The van der Waals surface area contributed by atoms with Crippen LogP contribution in [0, 0.1) is 6.92 Å². The van der Waals surface area contributed by atoms with E-state index in [4.69, 9.17) is 0 Å². The lowest BCUT2D eigenvalue weighted by Gasteiger charge is -2.14. The first-order chi connectivity index (χ1) is 11.0. The molecule has 1 heterocycles. The molecule has 0 atom stereocenters. The van der Waals surface area contributed by atoms with Crippen LogP contribution in [0.2, 0.25) is 0 Å². The molecule has 0 radical (unpaired) electrons. The Kier molecular flexibility index (Phi) is 6.10. The van der Waals surface area contributed by atoms with E-state index in [2.05, 4.69) is 35.6 Å². The van der Waals surface area contributed by atoms with E-state index in [1.807, 2.05) is 43.9 Å². The van der Waals surface area contributed by atoms with Gasteiger partial charge in [0.15, 0.2) is 0 Å². The van der Waals surface area contributed by atoms with E-state index in [0.717, 1.165) is 22.7 Å². The standard InChI is InChI=1S/C17H24N4OS/c1-12(2)23-11-14-6-5-7-16(13(14)3)20-17(22)18-10-15-8-9-19-21(15)4/h5-9,12H,10-11H2,1-4H3,(H2,18,20,22). The van der Waals surface area contributed by atoms with E-state index in [-0.39, 0.29) is 6.03 Å². The van der Waals surface area contributed by atoms with Gasteiger partial charge >= 0.3 is 6.03 Å². The van der Waals surface area contributed by atoms with Gasteiger partial charge in [-0.05, 0) is 35.4 Å². The zero-order valence-electron chi connectivity index (χ0n) is 14.1. The van der Waals surface area contributed by atoms with Gasteiger partial charge in [-0.3, -0.25) is 4.68 Å². The summed E-state index contributed by atoms with van der Waals surface area (Å²) in [4.78, 5) is 12.1. The molecule has 6 heteroatoms. The molecule has 0 aliphatic rings. The van der Waals surface area contributed by atoms with E-state index in [9.17, 15) is 4.79 Å². The van der Waals surface area contributed by atoms with Gasteiger partial charge in [0.05, 0.1) is 12.2 Å². The fraction of sp³-hybridized carbons (Fsp3) is 0.412. The van der Waals surface area contributed by atoms with Gasteiger partial charge in [-0.1, -0.05) is 26.0 Å². The number of hydrogen-bond donors (Lipinski definition) is 2. The summed E-state index contributed by atoms with van der Waals surface area (Å²) in [6.45, 7) is 6.87. The molecule has 0 fully saturated rings. The van der Waals surface area contributed by atoms with Gasteiger partial charge in [0.25, 0.3) is 0 Å². The summed E-state index contributed by atoms with van der Waals surface area (Å²) in [7, 11) is 1.86.